The first-order valence-electron chi connectivity index (χ1n) is 9.63. The number of ether oxygens (including phenoxy) is 2. The summed E-state index contributed by atoms with van der Waals surface area (Å²) >= 11 is 1.16. The normalized spacial score (nSPS) is 15.6. The number of hydrogen-bond donors (Lipinski definition) is 1. The largest absolute Gasteiger partial charge is 0.463 e. The lowest BCUT2D eigenvalue weighted by molar-refractivity contribution is -0.139. The molecular formula is C23H19FN4O3S. The van der Waals surface area contributed by atoms with Crippen LogP contribution >= 0.6 is 11.8 Å². The number of halogens is 1. The Bertz CT molecular complexity index is 1210. The molecule has 0 bridgehead atoms. The number of nitrogens with two attached hydrogens (primary N) is 1. The van der Waals surface area contributed by atoms with Crippen molar-refractivity contribution in [3.05, 3.63) is 81.8 Å². The molecule has 9 heteroatoms. The number of thioether (sulfide) groups is 1. The van der Waals surface area contributed by atoms with Crippen molar-refractivity contribution in [3.63, 3.8) is 0 Å². The fraction of sp³-hybridized carbons (Fsp3) is 0.217. The fourth-order valence-corrected chi connectivity index (χ4v) is 4.20. The van der Waals surface area contributed by atoms with Crippen LogP contribution in [0.3, 0.4) is 0 Å². The van der Waals surface area contributed by atoms with Crippen LogP contribution in [0.2, 0.25) is 0 Å². The first-order chi connectivity index (χ1) is 15.4. The van der Waals surface area contributed by atoms with Gasteiger partial charge in [-0.25, -0.2) is 14.2 Å². The molecule has 2 N–H and O–H groups in total. The summed E-state index contributed by atoms with van der Waals surface area (Å²) in [7, 11) is 0. The molecule has 1 aliphatic heterocycles. The lowest BCUT2D eigenvalue weighted by atomic mass is 9.83. The standard InChI is InChI=1S/C23H19FN4O3S/c1-3-30-23(29)20-18(12-32-22-14(10-25)9-8-13(2)28-22)31-21(27)16(11-26)19(20)15-6-4-5-7-17(15)24/h4-9,19H,3,12,27H2,1-2H3. The smallest absolute Gasteiger partial charge is 0.338 e. The number of aryl methyl sites for hydroxylation is 1. The molecule has 2 aromatic rings. The number of rotatable bonds is 6. The van der Waals surface area contributed by atoms with Gasteiger partial charge in [-0.1, -0.05) is 30.0 Å². The summed E-state index contributed by atoms with van der Waals surface area (Å²) in [6.45, 7) is 3.51. The minimum atomic E-state index is -1.09. The number of nitriles is 2. The van der Waals surface area contributed by atoms with Gasteiger partial charge in [0.1, 0.15) is 34.3 Å². The van der Waals surface area contributed by atoms with Crippen LogP contribution in [-0.4, -0.2) is 23.3 Å². The Hall–Kier alpha value is -3.82. The lowest BCUT2D eigenvalue weighted by Crippen LogP contribution is -2.27. The Morgan fingerprint density at radius 3 is 2.69 bits per heavy atom. The number of allylic oxidation sites excluding steroid dienone is 1. The molecule has 0 spiro atoms. The van der Waals surface area contributed by atoms with E-state index < -0.39 is 17.7 Å². The minimum absolute atomic E-state index is 0.0126. The Morgan fingerprint density at radius 2 is 2.03 bits per heavy atom. The summed E-state index contributed by atoms with van der Waals surface area (Å²) in [5, 5.41) is 19.5. The van der Waals surface area contributed by atoms with Crippen molar-refractivity contribution in [3.8, 4) is 12.1 Å². The van der Waals surface area contributed by atoms with E-state index in [1.807, 2.05) is 6.07 Å². The molecule has 7 nitrogen and oxygen atoms in total. The molecule has 0 aliphatic carbocycles. The van der Waals surface area contributed by atoms with Crippen molar-refractivity contribution >= 4 is 17.7 Å². The lowest BCUT2D eigenvalue weighted by Gasteiger charge is -2.28. The summed E-state index contributed by atoms with van der Waals surface area (Å²) in [5.41, 5.74) is 7.08. The van der Waals surface area contributed by atoms with E-state index in [2.05, 4.69) is 11.1 Å². The van der Waals surface area contributed by atoms with Crippen LogP contribution in [0, 0.1) is 35.4 Å². The van der Waals surface area contributed by atoms with Crippen LogP contribution in [0.4, 0.5) is 4.39 Å². The molecule has 0 radical (unpaired) electrons. The molecule has 0 saturated carbocycles. The first-order valence-corrected chi connectivity index (χ1v) is 10.6. The van der Waals surface area contributed by atoms with Crippen molar-refractivity contribution in [2.24, 2.45) is 5.73 Å². The average molecular weight is 450 g/mol. The quantitative estimate of drug-likeness (QED) is 0.521. The van der Waals surface area contributed by atoms with Crippen molar-refractivity contribution < 1.29 is 18.7 Å². The number of pyridine rings is 1. The van der Waals surface area contributed by atoms with Crippen LogP contribution in [0.1, 0.15) is 29.7 Å². The second kappa shape index (κ2) is 9.99. The van der Waals surface area contributed by atoms with Crippen LogP contribution in [0.5, 0.6) is 0 Å². The van der Waals surface area contributed by atoms with Crippen molar-refractivity contribution in [1.29, 1.82) is 10.5 Å². The van der Waals surface area contributed by atoms with E-state index in [4.69, 9.17) is 15.2 Å². The predicted molar refractivity (Wildman–Crippen MR) is 115 cm³/mol. The molecule has 2 heterocycles. The number of aromatic nitrogens is 1. The zero-order valence-corrected chi connectivity index (χ0v) is 18.2. The number of benzene rings is 1. The van der Waals surface area contributed by atoms with Gasteiger partial charge >= 0.3 is 5.97 Å². The highest BCUT2D eigenvalue weighted by atomic mass is 32.2. The van der Waals surface area contributed by atoms with Gasteiger partial charge in [0.25, 0.3) is 0 Å². The second-order valence-electron chi connectivity index (χ2n) is 6.71. The fourth-order valence-electron chi connectivity index (χ4n) is 3.24. The highest BCUT2D eigenvalue weighted by Gasteiger charge is 2.38. The number of esters is 1. The molecule has 1 aromatic heterocycles. The van der Waals surface area contributed by atoms with Gasteiger partial charge < -0.3 is 15.2 Å². The Morgan fingerprint density at radius 1 is 1.28 bits per heavy atom. The molecule has 1 aliphatic rings. The summed E-state index contributed by atoms with van der Waals surface area (Å²) in [6, 6.07) is 13.2. The van der Waals surface area contributed by atoms with Gasteiger partial charge in [0, 0.05) is 11.3 Å². The molecule has 0 amide bonds. The maximum atomic E-state index is 14.7. The predicted octanol–water partition coefficient (Wildman–Crippen LogP) is 3.82. The van der Waals surface area contributed by atoms with Gasteiger partial charge in [0.05, 0.1) is 29.4 Å². The highest BCUT2D eigenvalue weighted by Crippen LogP contribution is 2.42. The SMILES string of the molecule is CCOC(=O)C1=C(CSc2nc(C)ccc2C#N)OC(N)=C(C#N)C1c1ccccc1F. The summed E-state index contributed by atoms with van der Waals surface area (Å²) in [6.07, 6.45) is 0. The number of carbonyl (C=O) groups is 1. The molecule has 0 saturated heterocycles. The van der Waals surface area contributed by atoms with E-state index in [1.165, 1.54) is 18.2 Å². The molecule has 0 fully saturated rings. The van der Waals surface area contributed by atoms with E-state index in [1.54, 1.807) is 32.0 Å². The van der Waals surface area contributed by atoms with Crippen molar-refractivity contribution in [2.75, 3.05) is 12.4 Å². The van der Waals surface area contributed by atoms with E-state index >= 15 is 0 Å². The van der Waals surface area contributed by atoms with Crippen molar-refractivity contribution in [2.45, 2.75) is 24.8 Å². The highest BCUT2D eigenvalue weighted by molar-refractivity contribution is 7.99. The van der Waals surface area contributed by atoms with Crippen LogP contribution in [0.25, 0.3) is 0 Å². The average Bonchev–Trinajstić information content (AvgIpc) is 2.77. The Kier molecular flexibility index (Phi) is 7.14. The maximum Gasteiger partial charge on any atom is 0.338 e. The van der Waals surface area contributed by atoms with Crippen LogP contribution in [0.15, 0.2) is 64.2 Å². The van der Waals surface area contributed by atoms with Crippen molar-refractivity contribution in [1.82, 2.24) is 4.98 Å². The van der Waals surface area contributed by atoms with E-state index in [0.717, 1.165) is 11.8 Å². The number of nitrogens with zero attached hydrogens (tertiary/aromatic N) is 3. The first kappa shape index (κ1) is 22.9. The van der Waals surface area contributed by atoms with Gasteiger partial charge in [-0.2, -0.15) is 10.5 Å². The minimum Gasteiger partial charge on any atom is -0.463 e. The third kappa shape index (κ3) is 4.58. The van der Waals surface area contributed by atoms with E-state index in [0.29, 0.717) is 16.3 Å². The zero-order chi connectivity index (χ0) is 23.3. The molecule has 1 atom stereocenters. The summed E-state index contributed by atoms with van der Waals surface area (Å²) < 4.78 is 25.6. The molecule has 3 rings (SSSR count). The van der Waals surface area contributed by atoms with Crippen LogP contribution < -0.4 is 5.73 Å². The molecule has 1 aromatic carbocycles. The zero-order valence-electron chi connectivity index (χ0n) is 17.4. The van der Waals surface area contributed by atoms with Gasteiger partial charge in [0.15, 0.2) is 0 Å². The summed E-state index contributed by atoms with van der Waals surface area (Å²) in [4.78, 5) is 17.3. The van der Waals surface area contributed by atoms with Gasteiger partial charge in [0.2, 0.25) is 5.88 Å². The molecule has 162 valence electrons. The van der Waals surface area contributed by atoms with Crippen LogP contribution in [-0.2, 0) is 14.3 Å². The van der Waals surface area contributed by atoms with Gasteiger partial charge in [-0.15, -0.1) is 0 Å². The topological polar surface area (TPSA) is 122 Å². The molecule has 32 heavy (non-hydrogen) atoms. The monoisotopic (exact) mass is 450 g/mol. The Labute approximate surface area is 189 Å². The third-order valence-corrected chi connectivity index (χ3v) is 5.66. The van der Waals surface area contributed by atoms with Gasteiger partial charge in [-0.3, -0.25) is 0 Å². The third-order valence-electron chi connectivity index (χ3n) is 4.67. The maximum absolute atomic E-state index is 14.7. The second-order valence-corrected chi connectivity index (χ2v) is 7.67. The molecule has 1 unspecified atom stereocenters. The van der Waals surface area contributed by atoms with E-state index in [-0.39, 0.29) is 40.7 Å². The Balaban J connectivity index is 2.12. The number of carbonyl (C=O) groups excluding carboxylic acids is 1. The summed E-state index contributed by atoms with van der Waals surface area (Å²) in [5.74, 6) is -2.47. The van der Waals surface area contributed by atoms with E-state index in [9.17, 15) is 19.7 Å². The molecular weight excluding hydrogens is 431 g/mol. The number of hydrogen-bond acceptors (Lipinski definition) is 8. The van der Waals surface area contributed by atoms with Gasteiger partial charge in [-0.05, 0) is 32.0 Å².